The van der Waals surface area contributed by atoms with Gasteiger partial charge in [0, 0.05) is 20.1 Å². The lowest BCUT2D eigenvalue weighted by molar-refractivity contribution is 0.311. The van der Waals surface area contributed by atoms with Gasteiger partial charge < -0.3 is 15.4 Å². The average Bonchev–Trinajstić information content (AvgIpc) is 2.75. The molecule has 0 unspecified atom stereocenters. The third-order valence-electron chi connectivity index (χ3n) is 4.51. The Morgan fingerprint density at radius 3 is 2.52 bits per heavy atom. The molecule has 3 aromatic rings. The second-order valence-corrected chi connectivity index (χ2v) is 8.32. The van der Waals surface area contributed by atoms with Crippen molar-refractivity contribution in [2.75, 3.05) is 20.2 Å². The van der Waals surface area contributed by atoms with Crippen LogP contribution in [-0.2, 0) is 16.6 Å². The molecule has 9 heteroatoms. The number of aliphatic imine (C=N–C) groups is 1. The molecular weight excluding hydrogens is 527 g/mol. The molecule has 0 heterocycles. The summed E-state index contributed by atoms with van der Waals surface area (Å²) >= 11 is 0. The van der Waals surface area contributed by atoms with Gasteiger partial charge >= 0.3 is 0 Å². The predicted octanol–water partition coefficient (Wildman–Crippen LogP) is 3.24. The van der Waals surface area contributed by atoms with Gasteiger partial charge in [-0.25, -0.2) is 13.6 Å². The van der Waals surface area contributed by atoms with Crippen molar-refractivity contribution < 1.29 is 13.2 Å². The van der Waals surface area contributed by atoms with Crippen LogP contribution in [0, 0.1) is 0 Å². The van der Waals surface area contributed by atoms with Crippen LogP contribution in [0.5, 0.6) is 5.75 Å². The van der Waals surface area contributed by atoms with Crippen LogP contribution in [-0.4, -0.2) is 34.6 Å². The number of fused-ring (bicyclic) bond motifs is 1. The first kappa shape index (κ1) is 24.9. The number of hydrogen-bond donors (Lipinski definition) is 3. The smallest absolute Gasteiger partial charge is 0.238 e. The number of nitrogens with zero attached hydrogens (tertiary/aromatic N) is 1. The number of rotatable bonds is 8. The molecule has 7 nitrogen and oxygen atoms in total. The molecule has 4 N–H and O–H groups in total. The summed E-state index contributed by atoms with van der Waals surface area (Å²) < 4.78 is 28.8. The number of sulfonamides is 1. The second kappa shape index (κ2) is 11.9. The van der Waals surface area contributed by atoms with Crippen molar-refractivity contribution in [2.24, 2.45) is 10.1 Å². The molecule has 0 aliphatic heterocycles. The van der Waals surface area contributed by atoms with Gasteiger partial charge in [0.2, 0.25) is 10.0 Å². The van der Waals surface area contributed by atoms with Crippen molar-refractivity contribution >= 4 is 50.7 Å². The van der Waals surface area contributed by atoms with Crippen LogP contribution < -0.4 is 20.5 Å². The Labute approximate surface area is 200 Å². The average molecular weight is 554 g/mol. The number of ether oxygens (including phenoxy) is 1. The molecule has 0 aromatic heterocycles. The van der Waals surface area contributed by atoms with Gasteiger partial charge in [-0.3, -0.25) is 4.99 Å². The number of nitrogens with two attached hydrogens (primary N) is 1. The predicted molar refractivity (Wildman–Crippen MR) is 135 cm³/mol. The fraction of sp³-hybridized carbons (Fsp3) is 0.227. The maximum absolute atomic E-state index is 11.5. The van der Waals surface area contributed by atoms with Gasteiger partial charge in [-0.05, 0) is 47.0 Å². The first-order chi connectivity index (χ1) is 14.5. The van der Waals surface area contributed by atoms with Crippen LogP contribution in [0.4, 0.5) is 0 Å². The van der Waals surface area contributed by atoms with Gasteiger partial charge in [-0.15, -0.1) is 24.0 Å². The lowest BCUT2D eigenvalue weighted by Gasteiger charge is -2.13. The molecule has 0 bridgehead atoms. The summed E-state index contributed by atoms with van der Waals surface area (Å²) in [7, 11) is -2.03. The van der Waals surface area contributed by atoms with Crippen molar-refractivity contribution in [3.63, 3.8) is 0 Å². The normalized spacial score (nSPS) is 11.6. The molecule has 3 aromatic carbocycles. The Morgan fingerprint density at radius 2 is 1.77 bits per heavy atom. The summed E-state index contributed by atoms with van der Waals surface area (Å²) in [6.45, 7) is 1.69. The van der Waals surface area contributed by atoms with Crippen molar-refractivity contribution in [3.8, 4) is 5.75 Å². The monoisotopic (exact) mass is 554 g/mol. The van der Waals surface area contributed by atoms with Gasteiger partial charge in [0.25, 0.3) is 0 Å². The fourth-order valence-corrected chi connectivity index (χ4v) is 3.55. The Balaban J connectivity index is 0.00000341. The minimum atomic E-state index is -3.71. The first-order valence-corrected chi connectivity index (χ1v) is 11.2. The molecule has 3 rings (SSSR count). The van der Waals surface area contributed by atoms with E-state index in [1.165, 1.54) is 11.5 Å². The highest BCUT2D eigenvalue weighted by Gasteiger charge is 2.08. The second-order valence-electron chi connectivity index (χ2n) is 6.76. The van der Waals surface area contributed by atoms with E-state index in [0.717, 1.165) is 23.1 Å². The maximum Gasteiger partial charge on any atom is 0.238 e. The van der Waals surface area contributed by atoms with Crippen molar-refractivity contribution in [1.82, 2.24) is 10.6 Å². The largest absolute Gasteiger partial charge is 0.494 e. The van der Waals surface area contributed by atoms with E-state index in [0.29, 0.717) is 25.7 Å². The fourth-order valence-electron chi connectivity index (χ4n) is 2.96. The molecule has 0 amide bonds. The molecule has 0 spiro atoms. The Morgan fingerprint density at radius 1 is 1.00 bits per heavy atom. The SMILES string of the molecule is CN=C(NCCCOc1ccc2ccccc2c1)NCc1cccc(S(N)(=O)=O)c1.I. The number of halogens is 1. The van der Waals surface area contributed by atoms with E-state index < -0.39 is 10.0 Å². The first-order valence-electron chi connectivity index (χ1n) is 9.63. The van der Waals surface area contributed by atoms with E-state index in [2.05, 4.69) is 33.8 Å². The van der Waals surface area contributed by atoms with Gasteiger partial charge in [-0.1, -0.05) is 42.5 Å². The van der Waals surface area contributed by atoms with Crippen LogP contribution >= 0.6 is 24.0 Å². The van der Waals surface area contributed by atoms with Gasteiger partial charge in [0.1, 0.15) is 5.75 Å². The molecule has 0 atom stereocenters. The number of benzene rings is 3. The zero-order chi connectivity index (χ0) is 21.4. The highest BCUT2D eigenvalue weighted by Crippen LogP contribution is 2.20. The number of primary sulfonamides is 1. The highest BCUT2D eigenvalue weighted by molar-refractivity contribution is 14.0. The van der Waals surface area contributed by atoms with E-state index in [9.17, 15) is 8.42 Å². The lowest BCUT2D eigenvalue weighted by Crippen LogP contribution is -2.37. The summed E-state index contributed by atoms with van der Waals surface area (Å²) in [5.74, 6) is 1.48. The van der Waals surface area contributed by atoms with Gasteiger partial charge in [0.15, 0.2) is 5.96 Å². The van der Waals surface area contributed by atoms with Crippen LogP contribution in [0.1, 0.15) is 12.0 Å². The third kappa shape index (κ3) is 7.67. The zero-order valence-corrected chi connectivity index (χ0v) is 20.4. The topological polar surface area (TPSA) is 106 Å². The van der Waals surface area contributed by atoms with E-state index in [4.69, 9.17) is 9.88 Å². The molecular formula is C22H27IN4O3S. The van der Waals surface area contributed by atoms with Gasteiger partial charge in [-0.2, -0.15) is 0 Å². The minimum Gasteiger partial charge on any atom is -0.494 e. The molecule has 166 valence electrons. The van der Waals surface area contributed by atoms with E-state index in [1.807, 2.05) is 30.3 Å². The molecule has 0 radical (unpaired) electrons. The van der Waals surface area contributed by atoms with Crippen LogP contribution in [0.15, 0.2) is 76.6 Å². The molecule has 31 heavy (non-hydrogen) atoms. The van der Waals surface area contributed by atoms with E-state index >= 15 is 0 Å². The van der Waals surface area contributed by atoms with Crippen LogP contribution in [0.2, 0.25) is 0 Å². The Kier molecular flexibility index (Phi) is 9.53. The lowest BCUT2D eigenvalue weighted by atomic mass is 10.1. The summed E-state index contributed by atoms with van der Waals surface area (Å²) in [5, 5.41) is 13.9. The third-order valence-corrected chi connectivity index (χ3v) is 5.42. The molecule has 0 saturated heterocycles. The standard InChI is InChI=1S/C22H26N4O3S.HI/c1-24-22(26-16-17-6-4-9-21(14-17)30(23,27)28)25-12-5-13-29-20-11-10-18-7-2-3-8-19(18)15-20;/h2-4,6-11,14-15H,5,12-13,16H2,1H3,(H2,23,27,28)(H2,24,25,26);1H. The molecule has 0 fully saturated rings. The van der Waals surface area contributed by atoms with E-state index in [-0.39, 0.29) is 28.9 Å². The Hall–Kier alpha value is -2.37. The minimum absolute atomic E-state index is 0. The zero-order valence-electron chi connectivity index (χ0n) is 17.2. The summed E-state index contributed by atoms with van der Waals surface area (Å²) in [6, 6.07) is 20.8. The molecule has 0 aliphatic carbocycles. The molecule has 0 saturated carbocycles. The Bertz CT molecular complexity index is 1140. The van der Waals surface area contributed by atoms with Gasteiger partial charge in [0.05, 0.1) is 11.5 Å². The molecule has 0 aliphatic rings. The number of hydrogen-bond acceptors (Lipinski definition) is 4. The highest BCUT2D eigenvalue weighted by atomic mass is 127. The van der Waals surface area contributed by atoms with Crippen LogP contribution in [0.25, 0.3) is 10.8 Å². The summed E-state index contributed by atoms with van der Waals surface area (Å²) in [6.07, 6.45) is 0.800. The number of nitrogens with one attached hydrogen (secondary N) is 2. The quantitative estimate of drug-likeness (QED) is 0.172. The summed E-state index contributed by atoms with van der Waals surface area (Å²) in [5.41, 5.74) is 0.795. The van der Waals surface area contributed by atoms with E-state index in [1.54, 1.807) is 19.2 Å². The summed E-state index contributed by atoms with van der Waals surface area (Å²) in [4.78, 5) is 4.27. The van der Waals surface area contributed by atoms with Crippen molar-refractivity contribution in [3.05, 3.63) is 72.3 Å². The number of guanidine groups is 1. The maximum atomic E-state index is 11.5. The van der Waals surface area contributed by atoms with Crippen LogP contribution in [0.3, 0.4) is 0 Å². The van der Waals surface area contributed by atoms with Crippen molar-refractivity contribution in [2.45, 2.75) is 17.9 Å². The van der Waals surface area contributed by atoms with Crippen molar-refractivity contribution in [1.29, 1.82) is 0 Å².